The average molecular weight is 374 g/mol. The van der Waals surface area contributed by atoms with Gasteiger partial charge in [0.2, 0.25) is 0 Å². The van der Waals surface area contributed by atoms with E-state index in [2.05, 4.69) is 15.9 Å². The number of hydrogen-bond donors (Lipinski definition) is 1. The van der Waals surface area contributed by atoms with E-state index in [4.69, 9.17) is 17.3 Å². The molecule has 0 bridgehead atoms. The van der Waals surface area contributed by atoms with Gasteiger partial charge in [-0.05, 0) is 53.2 Å². The molecule has 0 aliphatic heterocycles. The summed E-state index contributed by atoms with van der Waals surface area (Å²) in [5, 5.41) is 0. The Bertz CT molecular complexity index is 629. The summed E-state index contributed by atoms with van der Waals surface area (Å²) >= 11 is 10.8. The van der Waals surface area contributed by atoms with Crippen molar-refractivity contribution in [2.75, 3.05) is 12.3 Å². The second kappa shape index (κ2) is 6.61. The molecule has 3 nitrogen and oxygen atoms in total. The number of benzene rings is 1. The average Bonchev–Trinajstić information content (AvgIpc) is 2.83. The minimum absolute atomic E-state index is 0.0452. The van der Waals surface area contributed by atoms with Crippen LogP contribution < -0.4 is 5.73 Å². The van der Waals surface area contributed by atoms with Gasteiger partial charge in [0.15, 0.2) is 0 Å². The molecule has 1 amide bonds. The predicted octanol–water partition coefficient (Wildman–Crippen LogP) is 4.41. The number of carbonyl (C=O) groups is 1. The number of nitrogens with two attached hydrogens (primary N) is 1. The fourth-order valence-electron chi connectivity index (χ4n) is 1.83. The molecule has 0 atom stereocenters. The van der Waals surface area contributed by atoms with Crippen LogP contribution >= 0.6 is 38.9 Å². The van der Waals surface area contributed by atoms with Gasteiger partial charge in [-0.3, -0.25) is 4.79 Å². The Morgan fingerprint density at radius 3 is 2.75 bits per heavy atom. The van der Waals surface area contributed by atoms with Crippen LogP contribution in [-0.4, -0.2) is 17.4 Å². The molecule has 1 aromatic heterocycles. The van der Waals surface area contributed by atoms with E-state index in [0.29, 0.717) is 24.3 Å². The molecular formula is C14H14BrClN2OS. The van der Waals surface area contributed by atoms with Crippen molar-refractivity contribution >= 4 is 50.5 Å². The van der Waals surface area contributed by atoms with E-state index in [1.54, 1.807) is 23.1 Å². The zero-order valence-corrected chi connectivity index (χ0v) is 14.1. The molecule has 0 radical (unpaired) electrons. The Hall–Kier alpha value is -1.04. The number of carbonyl (C=O) groups excluding carboxylic acids is 1. The summed E-state index contributed by atoms with van der Waals surface area (Å²) in [5.41, 5.74) is 6.91. The van der Waals surface area contributed by atoms with Crippen molar-refractivity contribution in [2.45, 2.75) is 13.5 Å². The third-order valence-electron chi connectivity index (χ3n) is 2.87. The number of nitrogen functional groups attached to an aromatic ring is 1. The van der Waals surface area contributed by atoms with Crippen molar-refractivity contribution in [3.05, 3.63) is 49.6 Å². The molecule has 0 saturated carbocycles. The van der Waals surface area contributed by atoms with Gasteiger partial charge in [0.25, 0.3) is 5.91 Å². The second-order valence-corrected chi connectivity index (χ2v) is 6.92. The first-order valence-electron chi connectivity index (χ1n) is 6.09. The monoisotopic (exact) mass is 372 g/mol. The van der Waals surface area contributed by atoms with E-state index in [1.165, 1.54) is 11.3 Å². The molecule has 0 saturated heterocycles. The van der Waals surface area contributed by atoms with Crippen LogP contribution in [0.4, 0.5) is 5.69 Å². The number of rotatable bonds is 4. The largest absolute Gasteiger partial charge is 0.399 e. The third-order valence-corrected chi connectivity index (χ3v) is 4.77. The summed E-state index contributed by atoms with van der Waals surface area (Å²) in [6.45, 7) is 3.12. The normalized spacial score (nSPS) is 10.6. The first-order valence-corrected chi connectivity index (χ1v) is 8.08. The van der Waals surface area contributed by atoms with Crippen LogP contribution in [0.5, 0.6) is 0 Å². The molecule has 20 heavy (non-hydrogen) atoms. The van der Waals surface area contributed by atoms with Crippen molar-refractivity contribution in [1.29, 1.82) is 0 Å². The quantitative estimate of drug-likeness (QED) is 0.807. The van der Waals surface area contributed by atoms with Gasteiger partial charge in [0.1, 0.15) is 0 Å². The molecule has 2 N–H and O–H groups in total. The molecule has 0 unspecified atom stereocenters. The summed E-state index contributed by atoms with van der Waals surface area (Å²) in [7, 11) is 0. The van der Waals surface area contributed by atoms with Gasteiger partial charge < -0.3 is 10.6 Å². The summed E-state index contributed by atoms with van der Waals surface area (Å²) in [5.74, 6) is -0.0452. The zero-order chi connectivity index (χ0) is 14.7. The Labute approximate surface area is 135 Å². The Morgan fingerprint density at radius 2 is 2.15 bits per heavy atom. The van der Waals surface area contributed by atoms with Crippen molar-refractivity contribution in [1.82, 2.24) is 4.90 Å². The number of thiophene rings is 1. The first-order chi connectivity index (χ1) is 9.51. The smallest absolute Gasteiger partial charge is 0.255 e. The topological polar surface area (TPSA) is 46.3 Å². The molecule has 2 rings (SSSR count). The van der Waals surface area contributed by atoms with Crippen molar-refractivity contribution in [2.24, 2.45) is 0 Å². The van der Waals surface area contributed by atoms with Crippen LogP contribution in [0, 0.1) is 0 Å². The van der Waals surface area contributed by atoms with Gasteiger partial charge >= 0.3 is 0 Å². The van der Waals surface area contributed by atoms with Crippen LogP contribution in [0.3, 0.4) is 0 Å². The van der Waals surface area contributed by atoms with Crippen LogP contribution in [0.2, 0.25) is 4.34 Å². The van der Waals surface area contributed by atoms with Gasteiger partial charge in [0, 0.05) is 21.6 Å². The van der Waals surface area contributed by atoms with Crippen molar-refractivity contribution < 1.29 is 4.79 Å². The maximum absolute atomic E-state index is 12.6. The van der Waals surface area contributed by atoms with Gasteiger partial charge in [-0.2, -0.15) is 0 Å². The highest BCUT2D eigenvalue weighted by molar-refractivity contribution is 9.10. The minimum Gasteiger partial charge on any atom is -0.399 e. The number of amides is 1. The van der Waals surface area contributed by atoms with Crippen molar-refractivity contribution in [3.8, 4) is 0 Å². The fourth-order valence-corrected chi connectivity index (χ4v) is 3.35. The molecule has 106 valence electrons. The van der Waals surface area contributed by atoms with Crippen LogP contribution in [-0.2, 0) is 6.54 Å². The summed E-state index contributed by atoms with van der Waals surface area (Å²) in [6.07, 6.45) is 0. The molecule has 1 heterocycles. The molecular weight excluding hydrogens is 360 g/mol. The predicted molar refractivity (Wildman–Crippen MR) is 88.3 cm³/mol. The van der Waals surface area contributed by atoms with Crippen molar-refractivity contribution in [3.63, 3.8) is 0 Å². The highest BCUT2D eigenvalue weighted by Gasteiger charge is 2.18. The lowest BCUT2D eigenvalue weighted by molar-refractivity contribution is 0.0753. The van der Waals surface area contributed by atoms with Gasteiger partial charge in [-0.1, -0.05) is 11.6 Å². The number of nitrogens with zero attached hydrogens (tertiary/aromatic N) is 1. The van der Waals surface area contributed by atoms with Crippen LogP contribution in [0.15, 0.2) is 34.8 Å². The lowest BCUT2D eigenvalue weighted by atomic mass is 10.1. The molecule has 2 aromatic rings. The van der Waals surface area contributed by atoms with E-state index < -0.39 is 0 Å². The number of halogens is 2. The Kier molecular flexibility index (Phi) is 5.07. The number of hydrogen-bond acceptors (Lipinski definition) is 3. The fraction of sp³-hybridized carbons (Fsp3) is 0.214. The standard InChI is InChI=1S/C14H14BrClN2OS/c1-2-18(8-10-4-6-13(16)20-10)14(19)11-7-9(17)3-5-12(11)15/h3-7H,2,8,17H2,1H3. The van der Waals surface area contributed by atoms with E-state index in [9.17, 15) is 4.79 Å². The first kappa shape index (κ1) is 15.4. The Morgan fingerprint density at radius 1 is 1.40 bits per heavy atom. The summed E-state index contributed by atoms with van der Waals surface area (Å²) in [4.78, 5) is 15.4. The molecule has 0 spiro atoms. The lowest BCUT2D eigenvalue weighted by Crippen LogP contribution is -2.30. The van der Waals surface area contributed by atoms with E-state index in [-0.39, 0.29) is 5.91 Å². The molecule has 0 fully saturated rings. The molecule has 6 heteroatoms. The zero-order valence-electron chi connectivity index (χ0n) is 10.9. The highest BCUT2D eigenvalue weighted by atomic mass is 79.9. The van der Waals surface area contributed by atoms with Crippen LogP contribution in [0.25, 0.3) is 0 Å². The second-order valence-electron chi connectivity index (χ2n) is 4.26. The van der Waals surface area contributed by atoms with Gasteiger partial charge in [-0.15, -0.1) is 11.3 Å². The maximum atomic E-state index is 12.6. The SMILES string of the molecule is CCN(Cc1ccc(Cl)s1)C(=O)c1cc(N)ccc1Br. The van der Waals surface area contributed by atoms with E-state index >= 15 is 0 Å². The molecule has 0 aliphatic carbocycles. The maximum Gasteiger partial charge on any atom is 0.255 e. The minimum atomic E-state index is -0.0452. The van der Waals surface area contributed by atoms with E-state index in [0.717, 1.165) is 13.7 Å². The summed E-state index contributed by atoms with van der Waals surface area (Å²) in [6, 6.07) is 9.03. The number of anilines is 1. The molecule has 0 aliphatic rings. The van der Waals surface area contributed by atoms with E-state index in [1.807, 2.05) is 19.1 Å². The van der Waals surface area contributed by atoms with Crippen LogP contribution in [0.1, 0.15) is 22.2 Å². The Balaban J connectivity index is 2.22. The van der Waals surface area contributed by atoms with Gasteiger partial charge in [-0.25, -0.2) is 0 Å². The lowest BCUT2D eigenvalue weighted by Gasteiger charge is -2.21. The highest BCUT2D eigenvalue weighted by Crippen LogP contribution is 2.25. The van der Waals surface area contributed by atoms with Gasteiger partial charge in [0.05, 0.1) is 16.4 Å². The molecule has 1 aromatic carbocycles. The third kappa shape index (κ3) is 3.53. The summed E-state index contributed by atoms with van der Waals surface area (Å²) < 4.78 is 1.48.